The van der Waals surface area contributed by atoms with E-state index in [-0.39, 0.29) is 5.91 Å². The van der Waals surface area contributed by atoms with Gasteiger partial charge in [-0.25, -0.2) is 0 Å². The smallest absolute Gasteiger partial charge is 0.253 e. The maximum Gasteiger partial charge on any atom is 0.253 e. The summed E-state index contributed by atoms with van der Waals surface area (Å²) in [5, 5.41) is 6.89. The number of amides is 1. The Morgan fingerprint density at radius 1 is 0.957 bits per heavy atom. The Balaban J connectivity index is 0.000000590. The molecule has 0 spiro atoms. The minimum atomic E-state index is 0.155. The lowest BCUT2D eigenvalue weighted by atomic mass is 9.87. The molecule has 1 aromatic heterocycles. The molecular weight excluding hydrogens is 578 g/mol. The van der Waals surface area contributed by atoms with Crippen molar-refractivity contribution in [3.05, 3.63) is 112 Å². The molecule has 4 heterocycles. The van der Waals surface area contributed by atoms with Crippen LogP contribution in [0.15, 0.2) is 67.6 Å². The SMILES string of the molecule is C=C1NC=C(c2cc(C)c(CN3CCN(C(=O)c4ccc(C5CCCN5)cc4)CC3)c(C3CC3)c2)c2ccncc21.CC.CC1CC1. The molecule has 1 unspecified atom stereocenters. The summed E-state index contributed by atoms with van der Waals surface area (Å²) in [6.45, 7) is 18.1. The first-order chi connectivity index (χ1) is 22.9. The maximum atomic E-state index is 13.3. The Morgan fingerprint density at radius 2 is 1.68 bits per heavy atom. The van der Waals surface area contributed by atoms with Crippen LogP contribution in [0, 0.1) is 12.8 Å². The fraction of sp³-hybridized carbons (Fsp3) is 0.463. The third kappa shape index (κ3) is 7.88. The van der Waals surface area contributed by atoms with E-state index in [1.807, 2.05) is 43.3 Å². The largest absolute Gasteiger partial charge is 0.361 e. The van der Waals surface area contributed by atoms with Crippen molar-refractivity contribution in [3.8, 4) is 0 Å². The summed E-state index contributed by atoms with van der Waals surface area (Å²) >= 11 is 0. The van der Waals surface area contributed by atoms with Crippen LogP contribution < -0.4 is 10.6 Å². The molecule has 3 aliphatic heterocycles. The maximum absolute atomic E-state index is 13.3. The van der Waals surface area contributed by atoms with Crippen LogP contribution in [-0.2, 0) is 6.54 Å². The van der Waals surface area contributed by atoms with Crippen LogP contribution in [0.2, 0.25) is 0 Å². The van der Waals surface area contributed by atoms with E-state index in [1.165, 1.54) is 77.5 Å². The summed E-state index contributed by atoms with van der Waals surface area (Å²) in [6.07, 6.45) is 13.8. The summed E-state index contributed by atoms with van der Waals surface area (Å²) in [5.74, 6) is 1.89. The number of nitrogens with zero attached hydrogens (tertiary/aromatic N) is 3. The molecule has 248 valence electrons. The number of piperazine rings is 1. The number of hydrogen-bond donors (Lipinski definition) is 2. The summed E-state index contributed by atoms with van der Waals surface area (Å²) in [7, 11) is 0. The third-order valence-electron chi connectivity index (χ3n) is 10.2. The van der Waals surface area contributed by atoms with Crippen molar-refractivity contribution in [2.45, 2.75) is 84.7 Å². The van der Waals surface area contributed by atoms with Gasteiger partial charge in [-0.1, -0.05) is 64.5 Å². The molecule has 4 fully saturated rings. The zero-order valence-electron chi connectivity index (χ0n) is 28.9. The molecule has 2 saturated heterocycles. The molecule has 2 saturated carbocycles. The average molecular weight is 632 g/mol. The lowest BCUT2D eigenvalue weighted by molar-refractivity contribution is 0.0628. The zero-order valence-corrected chi connectivity index (χ0v) is 28.9. The second-order valence-corrected chi connectivity index (χ2v) is 13.8. The van der Waals surface area contributed by atoms with Crippen LogP contribution in [-0.4, -0.2) is 53.4 Å². The lowest BCUT2D eigenvalue weighted by Crippen LogP contribution is -2.48. The van der Waals surface area contributed by atoms with E-state index in [4.69, 9.17) is 0 Å². The Labute approximate surface area is 282 Å². The van der Waals surface area contributed by atoms with Crippen LogP contribution in [0.1, 0.15) is 121 Å². The van der Waals surface area contributed by atoms with Gasteiger partial charge in [-0.2, -0.15) is 0 Å². The van der Waals surface area contributed by atoms with E-state index in [1.54, 1.807) is 0 Å². The summed E-state index contributed by atoms with van der Waals surface area (Å²) in [5.41, 5.74) is 12.0. The Bertz CT molecular complexity index is 1590. The predicted molar refractivity (Wildman–Crippen MR) is 194 cm³/mol. The van der Waals surface area contributed by atoms with Gasteiger partial charge < -0.3 is 15.5 Å². The summed E-state index contributed by atoms with van der Waals surface area (Å²) < 4.78 is 0. The number of aromatic nitrogens is 1. The number of benzene rings is 2. The van der Waals surface area contributed by atoms with E-state index < -0.39 is 0 Å². The number of carbonyl (C=O) groups excluding carboxylic acids is 1. The van der Waals surface area contributed by atoms with Crippen LogP contribution in [0.5, 0.6) is 0 Å². The van der Waals surface area contributed by atoms with E-state index in [0.29, 0.717) is 12.0 Å². The van der Waals surface area contributed by atoms with E-state index in [2.05, 4.69) is 77.5 Å². The first kappa shape index (κ1) is 33.2. The monoisotopic (exact) mass is 631 g/mol. The first-order valence-electron chi connectivity index (χ1n) is 18.0. The highest BCUT2D eigenvalue weighted by atomic mass is 16.2. The highest BCUT2D eigenvalue weighted by molar-refractivity contribution is 5.94. The first-order valence-corrected chi connectivity index (χ1v) is 18.0. The van der Waals surface area contributed by atoms with Crippen LogP contribution in [0.25, 0.3) is 11.3 Å². The third-order valence-corrected chi connectivity index (χ3v) is 10.2. The van der Waals surface area contributed by atoms with Crippen molar-refractivity contribution < 1.29 is 4.79 Å². The van der Waals surface area contributed by atoms with Crippen molar-refractivity contribution in [1.82, 2.24) is 25.4 Å². The summed E-state index contributed by atoms with van der Waals surface area (Å²) in [6, 6.07) is 15.6. The van der Waals surface area contributed by atoms with E-state index in [9.17, 15) is 4.79 Å². The van der Waals surface area contributed by atoms with Gasteiger partial charge in [-0.3, -0.25) is 14.7 Å². The lowest BCUT2D eigenvalue weighted by Gasteiger charge is -2.35. The van der Waals surface area contributed by atoms with Gasteiger partial charge in [0.05, 0.1) is 0 Å². The van der Waals surface area contributed by atoms with Crippen molar-refractivity contribution in [1.29, 1.82) is 0 Å². The highest BCUT2D eigenvalue weighted by Crippen LogP contribution is 2.45. The van der Waals surface area contributed by atoms with Gasteiger partial charge in [-0.05, 0) is 103 Å². The second-order valence-electron chi connectivity index (χ2n) is 13.8. The van der Waals surface area contributed by atoms with E-state index in [0.717, 1.165) is 62.0 Å². The molecule has 8 rings (SSSR count). The average Bonchev–Trinajstić information content (AvgIpc) is 4.05. The van der Waals surface area contributed by atoms with Gasteiger partial charge in [0.2, 0.25) is 0 Å². The minimum absolute atomic E-state index is 0.155. The molecule has 1 amide bonds. The highest BCUT2D eigenvalue weighted by Gasteiger charge is 2.30. The fourth-order valence-corrected chi connectivity index (χ4v) is 6.91. The zero-order chi connectivity index (χ0) is 32.9. The molecule has 1 atom stereocenters. The molecule has 2 aliphatic carbocycles. The number of rotatable bonds is 6. The van der Waals surface area contributed by atoms with Crippen LogP contribution in [0.3, 0.4) is 0 Å². The molecule has 0 bridgehead atoms. The predicted octanol–water partition coefficient (Wildman–Crippen LogP) is 8.06. The fourth-order valence-electron chi connectivity index (χ4n) is 6.91. The Hall–Kier alpha value is -3.74. The molecule has 47 heavy (non-hydrogen) atoms. The van der Waals surface area contributed by atoms with Gasteiger partial charge in [0.25, 0.3) is 5.91 Å². The number of carbonyl (C=O) groups is 1. The second kappa shape index (κ2) is 15.0. The van der Waals surface area contributed by atoms with Crippen LogP contribution in [0.4, 0.5) is 0 Å². The molecule has 6 heteroatoms. The van der Waals surface area contributed by atoms with Gasteiger partial charge in [0, 0.05) is 79.8 Å². The van der Waals surface area contributed by atoms with Crippen molar-refractivity contribution in [2.24, 2.45) is 5.92 Å². The van der Waals surface area contributed by atoms with Gasteiger partial charge in [0.1, 0.15) is 0 Å². The standard InChI is InChI=1S/C35H39N5O.C4H8.C2H6/c1-23-18-28(32-21-38-24(2)31-20-36-13-11-29(31)32)19-30(25-5-6-25)33(23)22-39-14-16-40(17-15-39)35(41)27-9-7-26(8-10-27)34-4-3-12-37-34;1-4-2-3-4;1-2/h7-11,13,18-21,25,34,37-38H,2-6,12,14-17,22H2,1H3;4H,2-3H2,1H3;1-2H3. The number of pyridine rings is 1. The van der Waals surface area contributed by atoms with E-state index >= 15 is 0 Å². The topological polar surface area (TPSA) is 60.5 Å². The van der Waals surface area contributed by atoms with Crippen molar-refractivity contribution in [2.75, 3.05) is 32.7 Å². The van der Waals surface area contributed by atoms with Gasteiger partial charge in [0.15, 0.2) is 0 Å². The van der Waals surface area contributed by atoms with Crippen molar-refractivity contribution in [3.63, 3.8) is 0 Å². The molecular formula is C41H53N5O. The molecule has 2 N–H and O–H groups in total. The Morgan fingerprint density at radius 3 is 2.32 bits per heavy atom. The quantitative estimate of drug-likeness (QED) is 0.288. The number of fused-ring (bicyclic) bond motifs is 1. The molecule has 6 nitrogen and oxygen atoms in total. The molecule has 5 aliphatic rings. The number of hydrogen-bond acceptors (Lipinski definition) is 5. The number of aryl methyl sites for hydroxylation is 1. The van der Waals surface area contributed by atoms with Gasteiger partial charge in [-0.15, -0.1) is 0 Å². The normalized spacial score (nSPS) is 20.6. The minimum Gasteiger partial charge on any atom is -0.361 e. The molecule has 0 radical (unpaired) electrons. The number of nitrogens with one attached hydrogen (secondary N) is 2. The van der Waals surface area contributed by atoms with Crippen molar-refractivity contribution >= 4 is 17.2 Å². The van der Waals surface area contributed by atoms with Crippen LogP contribution >= 0.6 is 0 Å². The summed E-state index contributed by atoms with van der Waals surface area (Å²) in [4.78, 5) is 22.1. The Kier molecular flexibility index (Phi) is 10.6. The molecule has 2 aromatic carbocycles. The van der Waals surface area contributed by atoms with Gasteiger partial charge >= 0.3 is 0 Å². The molecule has 3 aromatic rings.